The molecular formula is C20H24ClN5O3. The van der Waals surface area contributed by atoms with Gasteiger partial charge in [0.15, 0.2) is 11.5 Å². The number of aromatic amines is 1. The fourth-order valence-corrected chi connectivity index (χ4v) is 4.10. The number of nitrogens with zero attached hydrogens (tertiary/aromatic N) is 3. The Balaban J connectivity index is 1.70. The summed E-state index contributed by atoms with van der Waals surface area (Å²) in [6.07, 6.45) is 2.99. The third-order valence-corrected chi connectivity index (χ3v) is 5.78. The predicted octanol–water partition coefficient (Wildman–Crippen LogP) is 1.82. The number of piperidine rings is 1. The number of ether oxygens (including phenoxy) is 1. The highest BCUT2D eigenvalue weighted by Crippen LogP contribution is 2.27. The van der Waals surface area contributed by atoms with Crippen molar-refractivity contribution in [2.24, 2.45) is 5.92 Å². The fraction of sp³-hybridized carbons (Fsp3) is 0.500. The maximum absolute atomic E-state index is 12.3. The molecule has 1 aromatic rings. The van der Waals surface area contributed by atoms with Gasteiger partial charge in [0.1, 0.15) is 0 Å². The lowest BCUT2D eigenvalue weighted by molar-refractivity contribution is 0.0828. The average Bonchev–Trinajstić information content (AvgIpc) is 2.71. The molecule has 3 heterocycles. The van der Waals surface area contributed by atoms with E-state index in [1.807, 2.05) is 17.6 Å². The maximum atomic E-state index is 12.3. The molecule has 3 aliphatic heterocycles. The highest BCUT2D eigenvalue weighted by atomic mass is 35.5. The van der Waals surface area contributed by atoms with E-state index in [0.717, 1.165) is 43.4 Å². The topological polar surface area (TPSA) is 102 Å². The molecule has 0 atom stereocenters. The first-order valence-corrected chi connectivity index (χ1v) is 10.4. The lowest BCUT2D eigenvalue weighted by Gasteiger charge is -2.23. The van der Waals surface area contributed by atoms with Crippen molar-refractivity contribution in [1.82, 2.24) is 24.8 Å². The average molecular weight is 418 g/mol. The zero-order chi connectivity index (χ0) is 20.4. The van der Waals surface area contributed by atoms with Gasteiger partial charge < -0.3 is 14.6 Å². The first-order chi connectivity index (χ1) is 14.1. The van der Waals surface area contributed by atoms with Gasteiger partial charge in [0, 0.05) is 18.2 Å². The zero-order valence-corrected chi connectivity index (χ0v) is 17.1. The molecule has 3 aliphatic rings. The molecule has 29 heavy (non-hydrogen) atoms. The number of benzene rings is 1. The Morgan fingerprint density at radius 3 is 2.79 bits per heavy atom. The standard InChI is InChI=1S/C20H24ClN5O3/c1-2-13-9-16-15(10-14(13)21)23-17-18(24-20(28)25-19(17)27)26(16)7-8-29-11-12-3-5-22-6-4-12/h9-10,12,22H,2-8,11H2,1H3,(H,25,27,28). The molecule has 0 bridgehead atoms. The summed E-state index contributed by atoms with van der Waals surface area (Å²) in [5, 5.41) is 3.95. The first-order valence-electron chi connectivity index (χ1n) is 9.98. The Morgan fingerprint density at radius 2 is 2.03 bits per heavy atom. The van der Waals surface area contributed by atoms with Crippen LogP contribution in [0.2, 0.25) is 5.02 Å². The number of aryl methyl sites for hydroxylation is 1. The van der Waals surface area contributed by atoms with Gasteiger partial charge in [-0.1, -0.05) is 18.5 Å². The number of rotatable bonds is 6. The van der Waals surface area contributed by atoms with Crippen molar-refractivity contribution in [3.05, 3.63) is 43.6 Å². The van der Waals surface area contributed by atoms with Gasteiger partial charge in [0.05, 0.1) is 17.6 Å². The van der Waals surface area contributed by atoms with Crippen LogP contribution in [0.25, 0.3) is 22.6 Å². The molecule has 0 spiro atoms. The maximum Gasteiger partial charge on any atom is 0.349 e. The zero-order valence-electron chi connectivity index (χ0n) is 16.3. The van der Waals surface area contributed by atoms with Gasteiger partial charge in [0.25, 0.3) is 5.56 Å². The van der Waals surface area contributed by atoms with Crippen LogP contribution < -0.4 is 16.6 Å². The predicted molar refractivity (Wildman–Crippen MR) is 112 cm³/mol. The van der Waals surface area contributed by atoms with Crippen LogP contribution in [-0.2, 0) is 17.7 Å². The van der Waals surface area contributed by atoms with Gasteiger partial charge in [-0.05, 0) is 56.0 Å². The number of H-pyrrole nitrogens is 1. The number of aromatic nitrogens is 4. The van der Waals surface area contributed by atoms with E-state index in [1.165, 1.54) is 0 Å². The van der Waals surface area contributed by atoms with Gasteiger partial charge in [-0.15, -0.1) is 0 Å². The molecule has 0 amide bonds. The SMILES string of the molecule is CCc1cc2c(cc1Cl)nc1c(=O)[nH]c(=O)nc-1n2CCOCC1CCNCC1. The Labute approximate surface area is 172 Å². The first kappa shape index (κ1) is 20.0. The van der Waals surface area contributed by atoms with Gasteiger partial charge in [-0.2, -0.15) is 4.98 Å². The number of nitrogens with one attached hydrogen (secondary N) is 2. The van der Waals surface area contributed by atoms with E-state index in [1.54, 1.807) is 6.07 Å². The Hall–Kier alpha value is -2.29. The van der Waals surface area contributed by atoms with Crippen molar-refractivity contribution in [3.8, 4) is 11.5 Å². The van der Waals surface area contributed by atoms with Crippen LogP contribution in [0, 0.1) is 5.92 Å². The molecule has 0 radical (unpaired) electrons. The van der Waals surface area contributed by atoms with Crippen molar-refractivity contribution in [1.29, 1.82) is 0 Å². The van der Waals surface area contributed by atoms with Crippen LogP contribution >= 0.6 is 11.6 Å². The molecule has 1 fully saturated rings. The van der Waals surface area contributed by atoms with Crippen LogP contribution in [0.1, 0.15) is 25.3 Å². The molecule has 0 aliphatic carbocycles. The third-order valence-electron chi connectivity index (χ3n) is 5.43. The summed E-state index contributed by atoms with van der Waals surface area (Å²) >= 11 is 6.35. The smallest absolute Gasteiger partial charge is 0.349 e. The second kappa shape index (κ2) is 8.61. The summed E-state index contributed by atoms with van der Waals surface area (Å²) in [6.45, 7) is 5.70. The van der Waals surface area contributed by atoms with E-state index in [-0.39, 0.29) is 11.5 Å². The lowest BCUT2D eigenvalue weighted by atomic mass is 9.99. The molecule has 0 saturated carbocycles. The second-order valence-corrected chi connectivity index (χ2v) is 7.77. The number of hydrogen-bond donors (Lipinski definition) is 2. The number of halogens is 1. The van der Waals surface area contributed by atoms with Crippen molar-refractivity contribution < 1.29 is 4.74 Å². The normalized spacial score (nSPS) is 15.4. The quantitative estimate of drug-likeness (QED) is 0.468. The molecule has 154 valence electrons. The largest absolute Gasteiger partial charge is 0.379 e. The van der Waals surface area contributed by atoms with Gasteiger partial charge in [0.2, 0.25) is 0 Å². The van der Waals surface area contributed by atoms with Gasteiger partial charge in [-0.25, -0.2) is 9.78 Å². The number of fused-ring (bicyclic) bond motifs is 2. The van der Waals surface area contributed by atoms with Gasteiger partial charge in [-0.3, -0.25) is 9.78 Å². The second-order valence-electron chi connectivity index (χ2n) is 7.36. The summed E-state index contributed by atoms with van der Waals surface area (Å²) < 4.78 is 7.77. The monoisotopic (exact) mass is 417 g/mol. The molecule has 4 rings (SSSR count). The van der Waals surface area contributed by atoms with Crippen LogP contribution in [0.3, 0.4) is 0 Å². The van der Waals surface area contributed by atoms with E-state index in [0.29, 0.717) is 36.2 Å². The van der Waals surface area contributed by atoms with Crippen LogP contribution in [-0.4, -0.2) is 45.8 Å². The summed E-state index contributed by atoms with van der Waals surface area (Å²) in [4.78, 5) is 34.8. The van der Waals surface area contributed by atoms with Crippen molar-refractivity contribution in [3.63, 3.8) is 0 Å². The molecule has 2 N–H and O–H groups in total. The molecule has 0 unspecified atom stereocenters. The third kappa shape index (κ3) is 4.19. The van der Waals surface area contributed by atoms with Crippen LogP contribution in [0.5, 0.6) is 0 Å². The van der Waals surface area contributed by atoms with Crippen LogP contribution in [0.15, 0.2) is 21.7 Å². The molecule has 1 aromatic carbocycles. The summed E-state index contributed by atoms with van der Waals surface area (Å²) in [5.41, 5.74) is 1.22. The Kier molecular flexibility index (Phi) is 5.94. The Morgan fingerprint density at radius 1 is 1.24 bits per heavy atom. The van der Waals surface area contributed by atoms with E-state index < -0.39 is 11.2 Å². The van der Waals surface area contributed by atoms with E-state index in [2.05, 4.69) is 20.3 Å². The van der Waals surface area contributed by atoms with Crippen molar-refractivity contribution >= 4 is 22.6 Å². The van der Waals surface area contributed by atoms with Crippen molar-refractivity contribution in [2.45, 2.75) is 32.7 Å². The van der Waals surface area contributed by atoms with Crippen LogP contribution in [0.4, 0.5) is 0 Å². The summed E-state index contributed by atoms with van der Waals surface area (Å²) in [7, 11) is 0. The summed E-state index contributed by atoms with van der Waals surface area (Å²) in [6, 6.07) is 3.70. The highest BCUT2D eigenvalue weighted by Gasteiger charge is 2.20. The van der Waals surface area contributed by atoms with Gasteiger partial charge >= 0.3 is 5.69 Å². The minimum atomic E-state index is -0.683. The van der Waals surface area contributed by atoms with E-state index in [9.17, 15) is 9.59 Å². The highest BCUT2D eigenvalue weighted by molar-refractivity contribution is 6.32. The van der Waals surface area contributed by atoms with E-state index in [4.69, 9.17) is 16.3 Å². The van der Waals surface area contributed by atoms with E-state index >= 15 is 0 Å². The fourth-order valence-electron chi connectivity index (χ4n) is 3.81. The molecule has 8 nitrogen and oxygen atoms in total. The molecule has 1 saturated heterocycles. The minimum absolute atomic E-state index is 0.121. The van der Waals surface area contributed by atoms with Crippen molar-refractivity contribution in [2.75, 3.05) is 26.3 Å². The molecule has 9 heteroatoms. The minimum Gasteiger partial charge on any atom is -0.379 e. The summed E-state index contributed by atoms with van der Waals surface area (Å²) in [5.74, 6) is 0.827. The molecular weight excluding hydrogens is 394 g/mol. The number of hydrogen-bond acceptors (Lipinski definition) is 6. The molecule has 0 aromatic heterocycles. The Bertz CT molecular complexity index is 1100. The lowest BCUT2D eigenvalue weighted by Crippen LogP contribution is -2.31.